The molecule has 0 N–H and O–H groups in total. The van der Waals surface area contributed by atoms with Gasteiger partial charge in [-0.1, -0.05) is 79.5 Å². The van der Waals surface area contributed by atoms with Crippen molar-refractivity contribution in [3.05, 3.63) is 159 Å². The van der Waals surface area contributed by atoms with Gasteiger partial charge in [-0.25, -0.2) is 9.69 Å². The van der Waals surface area contributed by atoms with Crippen molar-refractivity contribution in [2.45, 2.75) is 19.3 Å². The van der Waals surface area contributed by atoms with Gasteiger partial charge >= 0.3 is 5.97 Å². The van der Waals surface area contributed by atoms with Gasteiger partial charge in [-0.3, -0.25) is 14.4 Å². The number of hydrogen-bond donors (Lipinski definition) is 0. The number of rotatable bonds is 9. The Hall–Kier alpha value is -5.24. The van der Waals surface area contributed by atoms with Gasteiger partial charge in [-0.2, -0.15) is 0 Å². The zero-order valence-corrected chi connectivity index (χ0v) is 26.8. The van der Waals surface area contributed by atoms with Crippen molar-refractivity contribution in [2.75, 3.05) is 11.5 Å². The molecule has 0 atom stereocenters. The highest BCUT2D eigenvalue weighted by atomic mass is 35.5. The van der Waals surface area contributed by atoms with Gasteiger partial charge in [-0.15, -0.1) is 0 Å². The third kappa shape index (κ3) is 6.41. The molecule has 1 heterocycles. The Balaban J connectivity index is 1.11. The highest BCUT2D eigenvalue weighted by Crippen LogP contribution is 2.34. The van der Waals surface area contributed by atoms with Crippen molar-refractivity contribution < 1.29 is 28.7 Å². The molecule has 0 saturated heterocycles. The minimum Gasteiger partial charge on any atom is -0.457 e. The van der Waals surface area contributed by atoms with Crippen molar-refractivity contribution >= 4 is 52.5 Å². The summed E-state index contributed by atoms with van der Waals surface area (Å²) in [6, 6.07) is 33.2. The van der Waals surface area contributed by atoms with Gasteiger partial charge in [0.25, 0.3) is 11.8 Å². The van der Waals surface area contributed by atoms with Crippen molar-refractivity contribution in [3.63, 3.8) is 0 Å². The van der Waals surface area contributed by atoms with Crippen LogP contribution in [0.1, 0.15) is 66.4 Å². The molecular weight excluding hydrogens is 637 g/mol. The molecule has 9 heteroatoms. The molecule has 2 amide bonds. The Kier molecular flexibility index (Phi) is 8.69. The summed E-state index contributed by atoms with van der Waals surface area (Å²) < 4.78 is 11.2. The van der Waals surface area contributed by atoms with Crippen LogP contribution in [0.4, 0.5) is 5.69 Å². The molecular formula is C38H27Cl2NO6. The Labute approximate surface area is 281 Å². The standard InChI is InChI=1S/C38H27Cl2NO6/c1-38(2,24-6-4-3-5-7-24)25-9-14-28(15-10-25)47-29-16-12-27(13-17-29)41-35(43)30-18-8-23(20-32(30)36(41)44)37(45)46-22-34(42)31-19-11-26(39)21-33(31)40/h3-21H,22H2,1-2H3. The van der Waals surface area contributed by atoms with Crippen molar-refractivity contribution in [1.82, 2.24) is 0 Å². The van der Waals surface area contributed by atoms with E-state index in [1.165, 1.54) is 42.0 Å². The second-order valence-electron chi connectivity index (χ2n) is 11.4. The van der Waals surface area contributed by atoms with Gasteiger partial charge in [-0.05, 0) is 83.9 Å². The second kappa shape index (κ2) is 12.9. The van der Waals surface area contributed by atoms with Gasteiger partial charge < -0.3 is 9.47 Å². The van der Waals surface area contributed by atoms with Crippen LogP contribution in [-0.2, 0) is 10.2 Å². The fourth-order valence-corrected chi connectivity index (χ4v) is 5.88. The van der Waals surface area contributed by atoms with Gasteiger partial charge in [0.1, 0.15) is 11.5 Å². The number of hydrogen-bond acceptors (Lipinski definition) is 6. The van der Waals surface area contributed by atoms with E-state index in [-0.39, 0.29) is 32.7 Å². The number of carbonyl (C=O) groups is 4. The summed E-state index contributed by atoms with van der Waals surface area (Å²) in [6.07, 6.45) is 0. The third-order valence-electron chi connectivity index (χ3n) is 8.09. The van der Waals surface area contributed by atoms with Crippen LogP contribution in [0, 0.1) is 0 Å². The number of nitrogens with zero attached hydrogens (tertiary/aromatic N) is 1. The number of carbonyl (C=O) groups excluding carboxylic acids is 4. The maximum atomic E-state index is 13.3. The van der Waals surface area contributed by atoms with Gasteiger partial charge in [0, 0.05) is 16.0 Å². The van der Waals surface area contributed by atoms with Crippen LogP contribution in [0.2, 0.25) is 10.0 Å². The lowest BCUT2D eigenvalue weighted by molar-refractivity contribution is 0.0474. The van der Waals surface area contributed by atoms with Gasteiger partial charge in [0.05, 0.1) is 27.4 Å². The Morgan fingerprint density at radius 3 is 1.98 bits per heavy atom. The van der Waals surface area contributed by atoms with E-state index in [2.05, 4.69) is 26.0 Å². The number of fused-ring (bicyclic) bond motifs is 1. The topological polar surface area (TPSA) is 90.0 Å². The molecule has 0 saturated carbocycles. The van der Waals surface area contributed by atoms with Crippen LogP contribution in [0.5, 0.6) is 11.5 Å². The molecule has 5 aromatic carbocycles. The lowest BCUT2D eigenvalue weighted by Gasteiger charge is -2.26. The molecule has 0 aliphatic carbocycles. The molecule has 0 unspecified atom stereocenters. The zero-order chi connectivity index (χ0) is 33.3. The molecule has 234 valence electrons. The lowest BCUT2D eigenvalue weighted by Crippen LogP contribution is -2.29. The van der Waals surface area contributed by atoms with Gasteiger partial charge in [0.15, 0.2) is 6.61 Å². The Morgan fingerprint density at radius 2 is 1.32 bits per heavy atom. The molecule has 0 aromatic heterocycles. The van der Waals surface area contributed by atoms with E-state index in [9.17, 15) is 19.2 Å². The maximum absolute atomic E-state index is 13.3. The zero-order valence-electron chi connectivity index (χ0n) is 25.3. The fourth-order valence-electron chi connectivity index (χ4n) is 5.37. The number of ketones is 1. The van der Waals surface area contributed by atoms with E-state index in [1.54, 1.807) is 24.3 Å². The smallest absolute Gasteiger partial charge is 0.338 e. The van der Waals surface area contributed by atoms with E-state index in [1.807, 2.05) is 42.5 Å². The van der Waals surface area contributed by atoms with E-state index in [4.69, 9.17) is 32.7 Å². The van der Waals surface area contributed by atoms with E-state index in [0.717, 1.165) is 10.5 Å². The highest BCUT2D eigenvalue weighted by molar-refractivity contribution is 6.37. The Bertz CT molecular complexity index is 2020. The normalized spacial score (nSPS) is 12.6. The first-order valence-electron chi connectivity index (χ1n) is 14.6. The molecule has 0 spiro atoms. The van der Waals surface area contributed by atoms with Gasteiger partial charge in [0.2, 0.25) is 5.78 Å². The summed E-state index contributed by atoms with van der Waals surface area (Å²) in [7, 11) is 0. The van der Waals surface area contributed by atoms with E-state index < -0.39 is 30.2 Å². The van der Waals surface area contributed by atoms with Crippen molar-refractivity contribution in [1.29, 1.82) is 0 Å². The monoisotopic (exact) mass is 663 g/mol. The SMILES string of the molecule is CC(C)(c1ccccc1)c1ccc(Oc2ccc(N3C(=O)c4ccc(C(=O)OCC(=O)c5ccc(Cl)cc5Cl)cc4C3=O)cc2)cc1. The summed E-state index contributed by atoms with van der Waals surface area (Å²) in [5.41, 5.74) is 2.89. The number of benzene rings is 5. The number of imide groups is 1. The van der Waals surface area contributed by atoms with Crippen LogP contribution < -0.4 is 9.64 Å². The van der Waals surface area contributed by atoms with Crippen LogP contribution in [-0.4, -0.2) is 30.2 Å². The summed E-state index contributed by atoms with van der Waals surface area (Å²) in [4.78, 5) is 52.8. The summed E-state index contributed by atoms with van der Waals surface area (Å²) in [5, 5.41) is 0.501. The summed E-state index contributed by atoms with van der Waals surface area (Å²) in [6.45, 7) is 3.78. The predicted molar refractivity (Wildman–Crippen MR) is 180 cm³/mol. The number of esters is 1. The lowest BCUT2D eigenvalue weighted by atomic mass is 9.78. The molecule has 1 aliphatic rings. The average molecular weight is 665 g/mol. The first kappa shape index (κ1) is 31.7. The molecule has 6 rings (SSSR count). The second-order valence-corrected chi connectivity index (χ2v) is 12.3. The summed E-state index contributed by atoms with van der Waals surface area (Å²) >= 11 is 11.9. The fraction of sp³-hybridized carbons (Fsp3) is 0.105. The van der Waals surface area contributed by atoms with E-state index >= 15 is 0 Å². The first-order valence-corrected chi connectivity index (χ1v) is 15.4. The maximum Gasteiger partial charge on any atom is 0.338 e. The highest BCUT2D eigenvalue weighted by Gasteiger charge is 2.37. The Morgan fingerprint density at radius 1 is 0.702 bits per heavy atom. The van der Waals surface area contributed by atoms with Crippen molar-refractivity contribution in [2.24, 2.45) is 0 Å². The number of amides is 2. The minimum atomic E-state index is -0.830. The number of Topliss-reactive ketones (excluding diaryl/α,β-unsaturated/α-hetero) is 1. The quantitative estimate of drug-likeness (QED) is 0.0888. The molecule has 1 aliphatic heterocycles. The number of halogens is 2. The largest absolute Gasteiger partial charge is 0.457 e. The van der Waals surface area contributed by atoms with Crippen LogP contribution in [0.25, 0.3) is 0 Å². The molecule has 47 heavy (non-hydrogen) atoms. The average Bonchev–Trinajstić information content (AvgIpc) is 3.33. The molecule has 0 bridgehead atoms. The van der Waals surface area contributed by atoms with Crippen LogP contribution in [0.15, 0.2) is 115 Å². The van der Waals surface area contributed by atoms with E-state index in [0.29, 0.717) is 22.2 Å². The van der Waals surface area contributed by atoms with Crippen LogP contribution in [0.3, 0.4) is 0 Å². The third-order valence-corrected chi connectivity index (χ3v) is 8.64. The summed E-state index contributed by atoms with van der Waals surface area (Å²) in [5.74, 6) is -1.29. The molecule has 0 radical (unpaired) electrons. The number of ether oxygens (including phenoxy) is 2. The first-order chi connectivity index (χ1) is 22.5. The minimum absolute atomic E-state index is 0.0173. The predicted octanol–water partition coefficient (Wildman–Crippen LogP) is 8.95. The molecule has 7 nitrogen and oxygen atoms in total. The van der Waals surface area contributed by atoms with Crippen molar-refractivity contribution in [3.8, 4) is 11.5 Å². The van der Waals surface area contributed by atoms with Crippen LogP contribution >= 0.6 is 23.2 Å². The number of anilines is 1. The molecule has 0 fully saturated rings. The molecule has 5 aromatic rings.